The molecule has 1 aromatic heterocycles. The summed E-state index contributed by atoms with van der Waals surface area (Å²) in [5.41, 5.74) is 0. The van der Waals surface area contributed by atoms with Crippen LogP contribution in [0.5, 0.6) is 0 Å². The average molecular weight is 295 g/mol. The molecule has 116 valence electrons. The zero-order valence-electron chi connectivity index (χ0n) is 12.4. The zero-order chi connectivity index (χ0) is 15.4. The molecule has 0 saturated carbocycles. The number of aryl methyl sites for hydroxylation is 1. The number of amides is 1. The van der Waals surface area contributed by atoms with E-state index in [1.54, 1.807) is 31.1 Å². The lowest BCUT2D eigenvalue weighted by molar-refractivity contribution is -0.147. The number of carboxylic acids is 1. The van der Waals surface area contributed by atoms with Gasteiger partial charge >= 0.3 is 5.97 Å². The van der Waals surface area contributed by atoms with Gasteiger partial charge in [0.25, 0.3) is 0 Å². The van der Waals surface area contributed by atoms with E-state index in [-0.39, 0.29) is 5.91 Å². The van der Waals surface area contributed by atoms with Crippen LogP contribution >= 0.6 is 0 Å². The van der Waals surface area contributed by atoms with Crippen LogP contribution in [0.15, 0.2) is 16.5 Å². The number of carbonyl (C=O) groups excluding carboxylic acids is 1. The Morgan fingerprint density at radius 2 is 2.29 bits per heavy atom. The van der Waals surface area contributed by atoms with Crippen LogP contribution in [0.1, 0.15) is 36.8 Å². The van der Waals surface area contributed by atoms with Gasteiger partial charge in [-0.2, -0.15) is 0 Å². The van der Waals surface area contributed by atoms with Gasteiger partial charge in [0.15, 0.2) is 0 Å². The maximum absolute atomic E-state index is 12.3. The Labute approximate surface area is 123 Å². The van der Waals surface area contributed by atoms with Crippen molar-refractivity contribution in [1.29, 1.82) is 0 Å². The van der Waals surface area contributed by atoms with Crippen molar-refractivity contribution >= 4 is 11.9 Å². The van der Waals surface area contributed by atoms with Gasteiger partial charge in [0.1, 0.15) is 17.6 Å². The number of nitrogens with zero attached hydrogens (tertiary/aromatic N) is 1. The highest BCUT2D eigenvalue weighted by atomic mass is 16.5. The van der Waals surface area contributed by atoms with Gasteiger partial charge in [-0.25, -0.2) is 0 Å². The third kappa shape index (κ3) is 3.44. The molecule has 6 nitrogen and oxygen atoms in total. The highest BCUT2D eigenvalue weighted by Gasteiger charge is 2.40. The van der Waals surface area contributed by atoms with Crippen molar-refractivity contribution in [2.45, 2.75) is 32.2 Å². The predicted molar refractivity (Wildman–Crippen MR) is 74.8 cm³/mol. The summed E-state index contributed by atoms with van der Waals surface area (Å²) in [7, 11) is 1.56. The summed E-state index contributed by atoms with van der Waals surface area (Å²) >= 11 is 0. The second-order valence-corrected chi connectivity index (χ2v) is 5.31. The van der Waals surface area contributed by atoms with E-state index in [1.165, 1.54) is 0 Å². The van der Waals surface area contributed by atoms with Gasteiger partial charge in [-0.15, -0.1) is 0 Å². The fourth-order valence-corrected chi connectivity index (χ4v) is 2.82. The van der Waals surface area contributed by atoms with E-state index in [0.717, 1.165) is 0 Å². The lowest BCUT2D eigenvalue weighted by Crippen LogP contribution is -2.40. The van der Waals surface area contributed by atoms with Gasteiger partial charge in [-0.05, 0) is 31.9 Å². The van der Waals surface area contributed by atoms with E-state index in [1.807, 2.05) is 0 Å². The molecule has 2 heterocycles. The summed E-state index contributed by atoms with van der Waals surface area (Å²) in [4.78, 5) is 25.5. The van der Waals surface area contributed by atoms with Crippen molar-refractivity contribution in [2.24, 2.45) is 5.92 Å². The molecule has 1 aromatic rings. The maximum atomic E-state index is 12.3. The van der Waals surface area contributed by atoms with Crippen molar-refractivity contribution in [3.63, 3.8) is 0 Å². The Morgan fingerprint density at radius 3 is 2.86 bits per heavy atom. The van der Waals surface area contributed by atoms with E-state index in [9.17, 15) is 14.7 Å². The van der Waals surface area contributed by atoms with Crippen molar-refractivity contribution in [3.8, 4) is 0 Å². The molecule has 1 aliphatic rings. The molecule has 0 spiro atoms. The normalized spacial score (nSPS) is 23.1. The maximum Gasteiger partial charge on any atom is 0.309 e. The number of hydrogen-bond donors (Lipinski definition) is 1. The van der Waals surface area contributed by atoms with E-state index in [0.29, 0.717) is 43.9 Å². The van der Waals surface area contributed by atoms with E-state index in [2.05, 4.69) is 0 Å². The van der Waals surface area contributed by atoms with Gasteiger partial charge in [0, 0.05) is 20.1 Å². The lowest BCUT2D eigenvalue weighted by Gasteiger charge is -2.31. The first-order chi connectivity index (χ1) is 10.0. The topological polar surface area (TPSA) is 80.0 Å². The van der Waals surface area contributed by atoms with Crippen LogP contribution in [0.2, 0.25) is 0 Å². The number of hydrogen-bond acceptors (Lipinski definition) is 4. The molecule has 0 aliphatic carbocycles. The number of furan rings is 1. The second-order valence-electron chi connectivity index (χ2n) is 5.31. The summed E-state index contributed by atoms with van der Waals surface area (Å²) in [5.74, 6) is -0.358. The van der Waals surface area contributed by atoms with E-state index in [4.69, 9.17) is 9.15 Å². The Kier molecular flexibility index (Phi) is 5.01. The highest BCUT2D eigenvalue weighted by Crippen LogP contribution is 2.36. The van der Waals surface area contributed by atoms with Crippen LogP contribution in [0, 0.1) is 12.8 Å². The summed E-state index contributed by atoms with van der Waals surface area (Å²) < 4.78 is 10.7. The molecule has 1 aliphatic heterocycles. The van der Waals surface area contributed by atoms with Crippen LogP contribution in [-0.4, -0.2) is 42.1 Å². The average Bonchev–Trinajstić information content (AvgIpc) is 2.78. The SMILES string of the molecule is COCCN1C(=O)CCCC(C(=O)O)C1c1ccc(C)o1. The smallest absolute Gasteiger partial charge is 0.309 e. The summed E-state index contributed by atoms with van der Waals surface area (Å²) in [6.45, 7) is 2.54. The monoisotopic (exact) mass is 295 g/mol. The van der Waals surface area contributed by atoms with Crippen molar-refractivity contribution < 1.29 is 23.8 Å². The summed E-state index contributed by atoms with van der Waals surface area (Å²) in [6, 6.07) is 2.98. The third-order valence-corrected chi connectivity index (χ3v) is 3.85. The Bertz CT molecular complexity index is 510. The van der Waals surface area contributed by atoms with E-state index < -0.39 is 17.9 Å². The molecular formula is C15H21NO5. The first-order valence-electron chi connectivity index (χ1n) is 7.12. The molecule has 0 radical (unpaired) electrons. The van der Waals surface area contributed by atoms with Crippen LogP contribution in [-0.2, 0) is 14.3 Å². The molecule has 6 heteroatoms. The number of carboxylic acid groups (broad SMARTS) is 1. The van der Waals surface area contributed by atoms with Crippen LogP contribution in [0.4, 0.5) is 0 Å². The quantitative estimate of drug-likeness (QED) is 0.898. The minimum Gasteiger partial charge on any atom is -0.481 e. The van der Waals surface area contributed by atoms with Crippen LogP contribution in [0.25, 0.3) is 0 Å². The second kappa shape index (κ2) is 6.76. The molecule has 1 amide bonds. The number of ether oxygens (including phenoxy) is 1. The zero-order valence-corrected chi connectivity index (χ0v) is 12.4. The van der Waals surface area contributed by atoms with Crippen LogP contribution in [0.3, 0.4) is 0 Å². The molecule has 0 aromatic carbocycles. The van der Waals surface area contributed by atoms with E-state index >= 15 is 0 Å². The standard InChI is InChI=1S/C15H21NO5/c1-10-6-7-12(21-10)14-11(15(18)19)4-3-5-13(17)16(14)8-9-20-2/h6-7,11,14H,3-5,8-9H2,1-2H3,(H,18,19). The molecule has 2 atom stereocenters. The molecule has 2 unspecified atom stereocenters. The van der Waals surface area contributed by atoms with Gasteiger partial charge < -0.3 is 19.2 Å². The molecule has 21 heavy (non-hydrogen) atoms. The molecule has 1 saturated heterocycles. The number of carbonyl (C=O) groups is 2. The van der Waals surface area contributed by atoms with Crippen molar-refractivity contribution in [3.05, 3.63) is 23.7 Å². The molecule has 1 N–H and O–H groups in total. The number of rotatable bonds is 5. The van der Waals surface area contributed by atoms with Crippen molar-refractivity contribution in [2.75, 3.05) is 20.3 Å². The van der Waals surface area contributed by atoms with Crippen LogP contribution < -0.4 is 0 Å². The molecule has 0 bridgehead atoms. The first-order valence-corrected chi connectivity index (χ1v) is 7.12. The Balaban J connectivity index is 2.38. The minimum absolute atomic E-state index is 0.0464. The molecule has 1 fully saturated rings. The number of methoxy groups -OCH3 is 1. The molecule has 2 rings (SSSR count). The van der Waals surface area contributed by atoms with Gasteiger partial charge in [0.2, 0.25) is 5.91 Å². The predicted octanol–water partition coefficient (Wildman–Crippen LogP) is 1.99. The Morgan fingerprint density at radius 1 is 1.52 bits per heavy atom. The first kappa shape index (κ1) is 15.6. The fraction of sp³-hybridized carbons (Fsp3) is 0.600. The number of likely N-dealkylation sites (tertiary alicyclic amines) is 1. The highest BCUT2D eigenvalue weighted by molar-refractivity contribution is 5.79. The van der Waals surface area contributed by atoms with Gasteiger partial charge in [-0.3, -0.25) is 9.59 Å². The summed E-state index contributed by atoms with van der Waals surface area (Å²) in [6.07, 6.45) is 1.41. The minimum atomic E-state index is -0.897. The summed E-state index contributed by atoms with van der Waals surface area (Å²) in [5, 5.41) is 9.52. The van der Waals surface area contributed by atoms with Gasteiger partial charge in [-0.1, -0.05) is 0 Å². The molecular weight excluding hydrogens is 274 g/mol. The largest absolute Gasteiger partial charge is 0.481 e. The fourth-order valence-electron chi connectivity index (χ4n) is 2.82. The lowest BCUT2D eigenvalue weighted by atomic mass is 9.93. The number of aliphatic carboxylic acids is 1. The third-order valence-electron chi connectivity index (χ3n) is 3.85. The Hall–Kier alpha value is -1.82. The van der Waals surface area contributed by atoms with Crippen molar-refractivity contribution in [1.82, 2.24) is 4.90 Å². The van der Waals surface area contributed by atoms with Gasteiger partial charge in [0.05, 0.1) is 12.5 Å².